The first kappa shape index (κ1) is 17.0. The second-order valence-corrected chi connectivity index (χ2v) is 6.28. The molecule has 0 fully saturated rings. The van der Waals surface area contributed by atoms with Crippen LogP contribution in [0.25, 0.3) is 0 Å². The Morgan fingerprint density at radius 2 is 1.67 bits per heavy atom. The maximum atomic E-state index is 12.4. The molecule has 1 heterocycles. The first-order chi connectivity index (χ1) is 13.2. The number of rotatable bonds is 5. The van der Waals surface area contributed by atoms with Crippen molar-refractivity contribution in [1.29, 1.82) is 0 Å². The summed E-state index contributed by atoms with van der Waals surface area (Å²) in [6.07, 6.45) is -0.336. The molecule has 0 aromatic heterocycles. The van der Waals surface area contributed by atoms with Gasteiger partial charge in [0, 0.05) is 5.69 Å². The Morgan fingerprint density at radius 3 is 2.48 bits per heavy atom. The third-order valence-corrected chi connectivity index (χ3v) is 4.51. The Kier molecular flexibility index (Phi) is 4.66. The van der Waals surface area contributed by atoms with Gasteiger partial charge in [-0.3, -0.25) is 4.79 Å². The minimum Gasteiger partial charge on any atom is -0.493 e. The zero-order valence-electron chi connectivity index (χ0n) is 14.9. The topological polar surface area (TPSA) is 59.6 Å². The molecule has 1 aliphatic heterocycles. The summed E-state index contributed by atoms with van der Waals surface area (Å²) in [5.41, 5.74) is 3.42. The number of hydrogen-bond donors (Lipinski definition) is 2. The van der Waals surface area contributed by atoms with E-state index in [0.29, 0.717) is 23.7 Å². The van der Waals surface area contributed by atoms with E-state index in [-0.39, 0.29) is 12.1 Å². The van der Waals surface area contributed by atoms with Gasteiger partial charge in [-0.15, -0.1) is 0 Å². The van der Waals surface area contributed by atoms with Crippen molar-refractivity contribution < 1.29 is 14.3 Å². The lowest BCUT2D eigenvalue weighted by Crippen LogP contribution is -2.38. The third-order valence-electron chi connectivity index (χ3n) is 4.51. The van der Waals surface area contributed by atoms with Crippen LogP contribution in [0.5, 0.6) is 11.5 Å². The standard InChI is InChI=1S/C22H20N2O3/c1-26-19-12-11-16(13-20(19)27-14-15-7-3-2-4-8-15)21-23-18-10-6-5-9-17(18)22(25)24-21/h2-13,21,23H,14H2,1H3,(H,24,25)/t21-/m0/s1. The number of anilines is 1. The van der Waals surface area contributed by atoms with Crippen LogP contribution in [0.2, 0.25) is 0 Å². The van der Waals surface area contributed by atoms with E-state index in [1.54, 1.807) is 13.2 Å². The maximum absolute atomic E-state index is 12.4. The van der Waals surface area contributed by atoms with Crippen molar-refractivity contribution in [2.45, 2.75) is 12.8 Å². The molecule has 3 aromatic carbocycles. The lowest BCUT2D eigenvalue weighted by molar-refractivity contribution is 0.0935. The summed E-state index contributed by atoms with van der Waals surface area (Å²) in [6, 6.07) is 23.1. The number of carbonyl (C=O) groups is 1. The zero-order valence-corrected chi connectivity index (χ0v) is 14.9. The number of hydrogen-bond acceptors (Lipinski definition) is 4. The summed E-state index contributed by atoms with van der Waals surface area (Å²) in [5.74, 6) is 1.18. The number of methoxy groups -OCH3 is 1. The molecule has 1 amide bonds. The predicted octanol–water partition coefficient (Wildman–Crippen LogP) is 4.13. The fourth-order valence-electron chi connectivity index (χ4n) is 3.10. The van der Waals surface area contributed by atoms with E-state index in [9.17, 15) is 4.79 Å². The van der Waals surface area contributed by atoms with Crippen molar-refractivity contribution in [2.75, 3.05) is 12.4 Å². The molecule has 5 nitrogen and oxygen atoms in total. The van der Waals surface area contributed by atoms with Gasteiger partial charge in [0.1, 0.15) is 12.8 Å². The van der Waals surface area contributed by atoms with E-state index in [1.807, 2.05) is 66.7 Å². The van der Waals surface area contributed by atoms with Crippen LogP contribution in [0, 0.1) is 0 Å². The molecule has 27 heavy (non-hydrogen) atoms. The Hall–Kier alpha value is -3.47. The van der Waals surface area contributed by atoms with Crippen LogP contribution in [-0.4, -0.2) is 13.0 Å². The molecule has 0 bridgehead atoms. The molecule has 0 radical (unpaired) electrons. The second kappa shape index (κ2) is 7.41. The Balaban J connectivity index is 1.58. The largest absolute Gasteiger partial charge is 0.493 e. The third kappa shape index (κ3) is 3.58. The number of fused-ring (bicyclic) bond motifs is 1. The van der Waals surface area contributed by atoms with E-state index in [4.69, 9.17) is 9.47 Å². The summed E-state index contributed by atoms with van der Waals surface area (Å²) in [5, 5.41) is 6.33. The molecule has 1 aliphatic rings. The highest BCUT2D eigenvalue weighted by molar-refractivity contribution is 6.01. The number of nitrogens with one attached hydrogen (secondary N) is 2. The summed E-state index contributed by atoms with van der Waals surface area (Å²) >= 11 is 0. The molecular formula is C22H20N2O3. The highest BCUT2D eigenvalue weighted by Gasteiger charge is 2.24. The van der Waals surface area contributed by atoms with Crippen molar-refractivity contribution in [1.82, 2.24) is 5.32 Å². The molecule has 3 aromatic rings. The predicted molar refractivity (Wildman–Crippen MR) is 104 cm³/mol. The van der Waals surface area contributed by atoms with E-state index >= 15 is 0 Å². The smallest absolute Gasteiger partial charge is 0.255 e. The van der Waals surface area contributed by atoms with Crippen molar-refractivity contribution in [3.8, 4) is 11.5 Å². The highest BCUT2D eigenvalue weighted by Crippen LogP contribution is 2.33. The van der Waals surface area contributed by atoms with Gasteiger partial charge < -0.3 is 20.1 Å². The van der Waals surface area contributed by atoms with Gasteiger partial charge in [-0.25, -0.2) is 0 Å². The average molecular weight is 360 g/mol. The molecule has 4 rings (SSSR count). The van der Waals surface area contributed by atoms with Crippen molar-refractivity contribution in [2.24, 2.45) is 0 Å². The maximum Gasteiger partial charge on any atom is 0.255 e. The van der Waals surface area contributed by atoms with Crippen LogP contribution in [0.3, 0.4) is 0 Å². The number of carbonyl (C=O) groups excluding carboxylic acids is 1. The molecule has 0 aliphatic carbocycles. The van der Waals surface area contributed by atoms with Crippen LogP contribution in [0.1, 0.15) is 27.7 Å². The lowest BCUT2D eigenvalue weighted by atomic mass is 10.1. The van der Waals surface area contributed by atoms with E-state index in [1.165, 1.54) is 0 Å². The molecular weight excluding hydrogens is 340 g/mol. The van der Waals surface area contributed by atoms with Crippen LogP contribution in [0.4, 0.5) is 5.69 Å². The van der Waals surface area contributed by atoms with Gasteiger partial charge in [0.05, 0.1) is 12.7 Å². The van der Waals surface area contributed by atoms with Crippen LogP contribution in [-0.2, 0) is 6.61 Å². The first-order valence-electron chi connectivity index (χ1n) is 8.75. The highest BCUT2D eigenvalue weighted by atomic mass is 16.5. The van der Waals surface area contributed by atoms with Crippen LogP contribution >= 0.6 is 0 Å². The quantitative estimate of drug-likeness (QED) is 0.718. The summed E-state index contributed by atoms with van der Waals surface area (Å²) in [7, 11) is 1.61. The van der Waals surface area contributed by atoms with Gasteiger partial charge in [-0.05, 0) is 35.4 Å². The molecule has 2 N–H and O–H groups in total. The van der Waals surface area contributed by atoms with Crippen LogP contribution < -0.4 is 20.1 Å². The molecule has 136 valence electrons. The number of para-hydroxylation sites is 1. The molecule has 5 heteroatoms. The van der Waals surface area contributed by atoms with Gasteiger partial charge in [0.2, 0.25) is 0 Å². The summed E-state index contributed by atoms with van der Waals surface area (Å²) < 4.78 is 11.4. The zero-order chi connectivity index (χ0) is 18.6. The number of benzene rings is 3. The fourth-order valence-corrected chi connectivity index (χ4v) is 3.10. The second-order valence-electron chi connectivity index (χ2n) is 6.28. The lowest BCUT2D eigenvalue weighted by Gasteiger charge is -2.28. The van der Waals surface area contributed by atoms with Crippen molar-refractivity contribution >= 4 is 11.6 Å². The normalized spacial score (nSPS) is 15.3. The van der Waals surface area contributed by atoms with E-state index in [2.05, 4.69) is 10.6 Å². The van der Waals surface area contributed by atoms with E-state index in [0.717, 1.165) is 16.8 Å². The molecule has 0 unspecified atom stereocenters. The molecule has 0 spiro atoms. The minimum absolute atomic E-state index is 0.100. The Morgan fingerprint density at radius 1 is 0.889 bits per heavy atom. The molecule has 0 saturated heterocycles. The van der Waals surface area contributed by atoms with Gasteiger partial charge in [-0.2, -0.15) is 0 Å². The average Bonchev–Trinajstić information content (AvgIpc) is 2.73. The van der Waals surface area contributed by atoms with Gasteiger partial charge in [0.25, 0.3) is 5.91 Å². The van der Waals surface area contributed by atoms with Gasteiger partial charge in [-0.1, -0.05) is 48.5 Å². The number of amides is 1. The van der Waals surface area contributed by atoms with Crippen LogP contribution in [0.15, 0.2) is 72.8 Å². The Bertz CT molecular complexity index is 957. The van der Waals surface area contributed by atoms with Crippen molar-refractivity contribution in [3.63, 3.8) is 0 Å². The van der Waals surface area contributed by atoms with Crippen molar-refractivity contribution in [3.05, 3.63) is 89.5 Å². The van der Waals surface area contributed by atoms with E-state index < -0.39 is 0 Å². The minimum atomic E-state index is -0.336. The monoisotopic (exact) mass is 360 g/mol. The fraction of sp³-hybridized carbons (Fsp3) is 0.136. The SMILES string of the molecule is COc1ccc([C@@H]2NC(=O)c3ccccc3N2)cc1OCc1ccccc1. The summed E-state index contributed by atoms with van der Waals surface area (Å²) in [6.45, 7) is 0.438. The van der Waals surface area contributed by atoms with Gasteiger partial charge in [0.15, 0.2) is 11.5 Å². The molecule has 1 atom stereocenters. The molecule has 0 saturated carbocycles. The first-order valence-corrected chi connectivity index (χ1v) is 8.75. The van der Waals surface area contributed by atoms with Gasteiger partial charge >= 0.3 is 0 Å². The number of ether oxygens (including phenoxy) is 2. The Labute approximate surface area is 157 Å². The summed E-state index contributed by atoms with van der Waals surface area (Å²) in [4.78, 5) is 12.4.